The van der Waals surface area contributed by atoms with Gasteiger partial charge in [-0.1, -0.05) is 44.2 Å². The molecule has 1 aromatic rings. The molecular formula is C19H27NO3. The van der Waals surface area contributed by atoms with Gasteiger partial charge in [0, 0.05) is 25.4 Å². The standard InChI is InChI=1S/C17H21NO3.C2H6/c1-2-21-16(20)17(8-9-17)14-10-15(19)18(12-14)11-13-6-4-3-5-7-13;1-2/h3-7,14H,2,8-12H2,1H3;1-2H3. The molecule has 1 heterocycles. The molecule has 1 aliphatic heterocycles. The SMILES string of the molecule is CC.CCOC(=O)C1(C2CC(=O)N(Cc3ccccc3)C2)CC1. The Morgan fingerprint density at radius 2 is 1.91 bits per heavy atom. The van der Waals surface area contributed by atoms with Crippen LogP contribution in [0.2, 0.25) is 0 Å². The van der Waals surface area contributed by atoms with E-state index < -0.39 is 0 Å². The first-order valence-corrected chi connectivity index (χ1v) is 8.64. The minimum Gasteiger partial charge on any atom is -0.466 e. The lowest BCUT2D eigenvalue weighted by molar-refractivity contribution is -0.151. The first-order chi connectivity index (χ1) is 11.2. The fraction of sp³-hybridized carbons (Fsp3) is 0.579. The lowest BCUT2D eigenvalue weighted by atomic mass is 9.88. The largest absolute Gasteiger partial charge is 0.466 e. The van der Waals surface area contributed by atoms with E-state index in [4.69, 9.17) is 4.74 Å². The molecule has 0 aromatic heterocycles. The van der Waals surface area contributed by atoms with Crippen LogP contribution in [0.5, 0.6) is 0 Å². The van der Waals surface area contributed by atoms with Crippen molar-refractivity contribution in [1.82, 2.24) is 4.90 Å². The summed E-state index contributed by atoms with van der Waals surface area (Å²) >= 11 is 0. The second-order valence-corrected chi connectivity index (χ2v) is 6.04. The van der Waals surface area contributed by atoms with Crippen molar-refractivity contribution >= 4 is 11.9 Å². The number of likely N-dealkylation sites (tertiary alicyclic amines) is 1. The summed E-state index contributed by atoms with van der Waals surface area (Å²) in [6.07, 6.45) is 2.21. The molecule has 0 bridgehead atoms. The average molecular weight is 317 g/mol. The number of carbonyl (C=O) groups excluding carboxylic acids is 2. The van der Waals surface area contributed by atoms with Crippen LogP contribution in [0.3, 0.4) is 0 Å². The summed E-state index contributed by atoms with van der Waals surface area (Å²) in [4.78, 5) is 26.2. The first-order valence-electron chi connectivity index (χ1n) is 8.64. The molecular weight excluding hydrogens is 290 g/mol. The van der Waals surface area contributed by atoms with Crippen LogP contribution in [0.25, 0.3) is 0 Å². The Bertz CT molecular complexity index is 537. The number of hydrogen-bond acceptors (Lipinski definition) is 3. The maximum absolute atomic E-state index is 12.2. The minimum absolute atomic E-state index is 0.107. The van der Waals surface area contributed by atoms with E-state index in [1.54, 1.807) is 0 Å². The Labute approximate surface area is 138 Å². The fourth-order valence-electron chi connectivity index (χ4n) is 3.29. The van der Waals surface area contributed by atoms with Gasteiger partial charge in [0.1, 0.15) is 0 Å². The Balaban J connectivity index is 0.000000924. The van der Waals surface area contributed by atoms with E-state index >= 15 is 0 Å². The van der Waals surface area contributed by atoms with Gasteiger partial charge in [-0.2, -0.15) is 0 Å². The molecule has 1 saturated carbocycles. The molecule has 4 nitrogen and oxygen atoms in total. The highest BCUT2D eigenvalue weighted by atomic mass is 16.5. The zero-order valence-corrected chi connectivity index (χ0v) is 14.4. The molecule has 4 heteroatoms. The van der Waals surface area contributed by atoms with E-state index in [0.717, 1.165) is 18.4 Å². The molecule has 2 aliphatic rings. The highest BCUT2D eigenvalue weighted by molar-refractivity contribution is 5.84. The van der Waals surface area contributed by atoms with E-state index in [1.165, 1.54) is 0 Å². The maximum atomic E-state index is 12.2. The third-order valence-electron chi connectivity index (χ3n) is 4.68. The second kappa shape index (κ2) is 7.62. The predicted octanol–water partition coefficient (Wildman–Crippen LogP) is 3.40. The smallest absolute Gasteiger partial charge is 0.312 e. The maximum Gasteiger partial charge on any atom is 0.312 e. The molecule has 1 aliphatic carbocycles. The van der Waals surface area contributed by atoms with Gasteiger partial charge in [0.15, 0.2) is 0 Å². The van der Waals surface area contributed by atoms with Crippen molar-refractivity contribution in [1.29, 1.82) is 0 Å². The van der Waals surface area contributed by atoms with Crippen LogP contribution in [-0.4, -0.2) is 29.9 Å². The molecule has 0 N–H and O–H groups in total. The molecule has 1 amide bonds. The zero-order valence-electron chi connectivity index (χ0n) is 14.4. The highest BCUT2D eigenvalue weighted by Gasteiger charge is 2.59. The molecule has 1 atom stereocenters. The van der Waals surface area contributed by atoms with Crippen LogP contribution in [-0.2, 0) is 20.9 Å². The van der Waals surface area contributed by atoms with E-state index in [1.807, 2.05) is 56.0 Å². The van der Waals surface area contributed by atoms with Crippen LogP contribution in [0, 0.1) is 11.3 Å². The Morgan fingerprint density at radius 3 is 2.48 bits per heavy atom. The minimum atomic E-state index is -0.378. The summed E-state index contributed by atoms with van der Waals surface area (Å²) in [6, 6.07) is 9.98. The van der Waals surface area contributed by atoms with Crippen molar-refractivity contribution in [3.05, 3.63) is 35.9 Å². The van der Waals surface area contributed by atoms with Crippen LogP contribution in [0.4, 0.5) is 0 Å². The quantitative estimate of drug-likeness (QED) is 0.782. The van der Waals surface area contributed by atoms with Gasteiger partial charge in [0.25, 0.3) is 0 Å². The van der Waals surface area contributed by atoms with Gasteiger partial charge in [0.05, 0.1) is 12.0 Å². The summed E-state index contributed by atoms with van der Waals surface area (Å²) in [6.45, 7) is 7.55. The summed E-state index contributed by atoms with van der Waals surface area (Å²) in [5.74, 6) is 0.163. The van der Waals surface area contributed by atoms with Gasteiger partial charge in [-0.3, -0.25) is 9.59 Å². The van der Waals surface area contributed by atoms with Crippen molar-refractivity contribution < 1.29 is 14.3 Å². The molecule has 3 rings (SSSR count). The van der Waals surface area contributed by atoms with Gasteiger partial charge < -0.3 is 9.64 Å². The second-order valence-electron chi connectivity index (χ2n) is 6.04. The zero-order chi connectivity index (χ0) is 16.9. The molecule has 23 heavy (non-hydrogen) atoms. The van der Waals surface area contributed by atoms with Crippen LogP contribution >= 0.6 is 0 Å². The number of carbonyl (C=O) groups is 2. The predicted molar refractivity (Wildman–Crippen MR) is 89.6 cm³/mol. The molecule has 0 radical (unpaired) electrons. The highest BCUT2D eigenvalue weighted by Crippen LogP contribution is 2.56. The van der Waals surface area contributed by atoms with Crippen molar-refractivity contribution in [2.75, 3.05) is 13.2 Å². The molecule has 0 spiro atoms. The van der Waals surface area contributed by atoms with Gasteiger partial charge >= 0.3 is 5.97 Å². The number of nitrogens with zero attached hydrogens (tertiary/aromatic N) is 1. The van der Waals surface area contributed by atoms with Gasteiger partial charge in [-0.15, -0.1) is 0 Å². The monoisotopic (exact) mass is 317 g/mol. The molecule has 1 saturated heterocycles. The molecule has 2 fully saturated rings. The van der Waals surface area contributed by atoms with Crippen molar-refractivity contribution in [3.63, 3.8) is 0 Å². The van der Waals surface area contributed by atoms with E-state index in [9.17, 15) is 9.59 Å². The normalized spacial score (nSPS) is 21.4. The summed E-state index contributed by atoms with van der Waals surface area (Å²) < 4.78 is 5.20. The van der Waals surface area contributed by atoms with Crippen LogP contribution in [0.15, 0.2) is 30.3 Å². The van der Waals surface area contributed by atoms with Gasteiger partial charge in [0.2, 0.25) is 5.91 Å². The van der Waals surface area contributed by atoms with Crippen LogP contribution in [0.1, 0.15) is 45.6 Å². The number of rotatable bonds is 5. The topological polar surface area (TPSA) is 46.6 Å². The Hall–Kier alpha value is -1.84. The van der Waals surface area contributed by atoms with Gasteiger partial charge in [-0.25, -0.2) is 0 Å². The number of esters is 1. The number of ether oxygens (including phenoxy) is 1. The molecule has 126 valence electrons. The number of amides is 1. The van der Waals surface area contributed by atoms with Crippen molar-refractivity contribution in [2.45, 2.75) is 46.6 Å². The van der Waals surface area contributed by atoms with Gasteiger partial charge in [-0.05, 0) is 25.3 Å². The van der Waals surface area contributed by atoms with Crippen molar-refractivity contribution in [3.8, 4) is 0 Å². The van der Waals surface area contributed by atoms with E-state index in [0.29, 0.717) is 26.1 Å². The lowest BCUT2D eigenvalue weighted by Gasteiger charge is -2.21. The number of benzene rings is 1. The average Bonchev–Trinajstić information content (AvgIpc) is 3.31. The third-order valence-corrected chi connectivity index (χ3v) is 4.68. The van der Waals surface area contributed by atoms with E-state index in [2.05, 4.69) is 0 Å². The molecule has 1 aromatic carbocycles. The summed E-state index contributed by atoms with van der Waals surface area (Å²) in [5, 5.41) is 0. The first kappa shape index (κ1) is 17.5. The Kier molecular flexibility index (Phi) is 5.80. The van der Waals surface area contributed by atoms with E-state index in [-0.39, 0.29) is 23.2 Å². The summed E-state index contributed by atoms with van der Waals surface area (Å²) in [5.41, 5.74) is 0.754. The van der Waals surface area contributed by atoms with Crippen LogP contribution < -0.4 is 0 Å². The molecule has 1 unspecified atom stereocenters. The number of hydrogen-bond donors (Lipinski definition) is 0. The Morgan fingerprint density at radius 1 is 1.26 bits per heavy atom. The fourth-order valence-corrected chi connectivity index (χ4v) is 3.29. The third kappa shape index (κ3) is 3.74. The summed E-state index contributed by atoms with van der Waals surface area (Å²) in [7, 11) is 0. The lowest BCUT2D eigenvalue weighted by Crippen LogP contribution is -2.30. The van der Waals surface area contributed by atoms with Crippen molar-refractivity contribution in [2.24, 2.45) is 11.3 Å².